The lowest BCUT2D eigenvalue weighted by Gasteiger charge is -2.12. The minimum Gasteiger partial charge on any atom is -0.396 e. The Bertz CT molecular complexity index is 311. The van der Waals surface area contributed by atoms with Crippen molar-refractivity contribution in [3.63, 3.8) is 0 Å². The molecular formula is C13H19NO2. The lowest BCUT2D eigenvalue weighted by molar-refractivity contribution is -0.121. The first kappa shape index (κ1) is 12.7. The number of benzene rings is 1. The summed E-state index contributed by atoms with van der Waals surface area (Å²) in [6.07, 6.45) is 0.934. The van der Waals surface area contributed by atoms with Crippen molar-refractivity contribution in [2.45, 2.75) is 25.7 Å². The number of aliphatic hydroxyl groups is 1. The van der Waals surface area contributed by atoms with Gasteiger partial charge in [0.1, 0.15) is 0 Å². The Hall–Kier alpha value is -1.35. The Kier molecular flexibility index (Phi) is 5.57. The molecule has 0 aliphatic carbocycles. The van der Waals surface area contributed by atoms with Gasteiger partial charge in [0.25, 0.3) is 0 Å². The highest BCUT2D eigenvalue weighted by atomic mass is 16.3. The minimum absolute atomic E-state index is 0.0110. The van der Waals surface area contributed by atoms with Gasteiger partial charge in [0.05, 0.1) is 0 Å². The number of nitrogens with one attached hydrogen (secondary N) is 1. The van der Waals surface area contributed by atoms with E-state index in [9.17, 15) is 4.79 Å². The van der Waals surface area contributed by atoms with Crippen molar-refractivity contribution in [1.82, 2.24) is 5.32 Å². The van der Waals surface area contributed by atoms with Crippen molar-refractivity contribution in [2.24, 2.45) is 0 Å². The number of amides is 1. The molecule has 16 heavy (non-hydrogen) atoms. The first-order valence-corrected chi connectivity index (χ1v) is 5.66. The minimum atomic E-state index is 0.0110. The zero-order valence-corrected chi connectivity index (χ0v) is 9.65. The number of aliphatic hydroxyl groups excluding tert-OH is 1. The van der Waals surface area contributed by atoms with Gasteiger partial charge < -0.3 is 10.4 Å². The summed E-state index contributed by atoms with van der Waals surface area (Å²) in [4.78, 5) is 11.3. The molecule has 0 heterocycles. The van der Waals surface area contributed by atoms with E-state index in [1.165, 1.54) is 5.56 Å². The number of carbonyl (C=O) groups excluding carboxylic acids is 1. The summed E-state index contributed by atoms with van der Waals surface area (Å²) in [7, 11) is 0. The summed E-state index contributed by atoms with van der Waals surface area (Å²) in [6, 6.07) is 10.1. The maximum absolute atomic E-state index is 11.3. The highest BCUT2D eigenvalue weighted by molar-refractivity contribution is 5.75. The molecule has 0 aliphatic heterocycles. The standard InChI is InChI=1S/C13H19NO2/c1-11(12-6-3-2-4-7-12)10-14-13(16)8-5-9-15/h2-4,6-7,11,15H,5,8-10H2,1H3,(H,14,16). The van der Waals surface area contributed by atoms with E-state index in [1.54, 1.807) is 0 Å². The third-order valence-corrected chi connectivity index (χ3v) is 2.54. The molecule has 0 bridgehead atoms. The summed E-state index contributed by atoms with van der Waals surface area (Å²) in [5, 5.41) is 11.5. The van der Waals surface area contributed by atoms with E-state index in [2.05, 4.69) is 24.4 Å². The van der Waals surface area contributed by atoms with Gasteiger partial charge in [-0.15, -0.1) is 0 Å². The van der Waals surface area contributed by atoms with Gasteiger partial charge in [-0.3, -0.25) is 4.79 Å². The van der Waals surface area contributed by atoms with Gasteiger partial charge in [-0.25, -0.2) is 0 Å². The predicted molar refractivity (Wildman–Crippen MR) is 64.2 cm³/mol. The number of carbonyl (C=O) groups is 1. The summed E-state index contributed by atoms with van der Waals surface area (Å²) < 4.78 is 0. The van der Waals surface area contributed by atoms with Crippen LogP contribution in [0, 0.1) is 0 Å². The van der Waals surface area contributed by atoms with Crippen LogP contribution in [0.4, 0.5) is 0 Å². The molecule has 3 heteroatoms. The third-order valence-electron chi connectivity index (χ3n) is 2.54. The van der Waals surface area contributed by atoms with Gasteiger partial charge in [-0.2, -0.15) is 0 Å². The second-order valence-electron chi connectivity index (χ2n) is 3.94. The fourth-order valence-electron chi connectivity index (χ4n) is 1.49. The van der Waals surface area contributed by atoms with Crippen LogP contribution in [0.2, 0.25) is 0 Å². The topological polar surface area (TPSA) is 49.3 Å². The molecule has 1 aromatic carbocycles. The second-order valence-corrected chi connectivity index (χ2v) is 3.94. The molecule has 0 saturated carbocycles. The monoisotopic (exact) mass is 221 g/mol. The van der Waals surface area contributed by atoms with Gasteiger partial charge in [0.2, 0.25) is 5.91 Å². The average molecular weight is 221 g/mol. The Morgan fingerprint density at radius 2 is 2.06 bits per heavy atom. The van der Waals surface area contributed by atoms with Gasteiger partial charge in [-0.1, -0.05) is 37.3 Å². The molecule has 0 radical (unpaired) electrons. The van der Waals surface area contributed by atoms with E-state index in [-0.39, 0.29) is 12.5 Å². The lowest BCUT2D eigenvalue weighted by atomic mass is 10.0. The third kappa shape index (κ3) is 4.45. The van der Waals surface area contributed by atoms with Crippen LogP contribution in [0.1, 0.15) is 31.2 Å². The fraction of sp³-hybridized carbons (Fsp3) is 0.462. The van der Waals surface area contributed by atoms with Crippen molar-refractivity contribution in [1.29, 1.82) is 0 Å². The molecule has 1 rings (SSSR count). The molecule has 1 aromatic rings. The SMILES string of the molecule is CC(CNC(=O)CCCO)c1ccccc1. The summed E-state index contributed by atoms with van der Waals surface area (Å²) >= 11 is 0. The highest BCUT2D eigenvalue weighted by Gasteiger charge is 2.06. The van der Waals surface area contributed by atoms with Crippen LogP contribution < -0.4 is 5.32 Å². The number of hydrogen-bond donors (Lipinski definition) is 2. The first-order valence-electron chi connectivity index (χ1n) is 5.66. The fourth-order valence-corrected chi connectivity index (χ4v) is 1.49. The van der Waals surface area contributed by atoms with E-state index in [4.69, 9.17) is 5.11 Å². The maximum atomic E-state index is 11.3. The molecule has 1 unspecified atom stereocenters. The van der Waals surface area contributed by atoms with Gasteiger partial charge >= 0.3 is 0 Å². The normalized spacial score (nSPS) is 12.1. The van der Waals surface area contributed by atoms with Crippen LogP contribution in [0.15, 0.2) is 30.3 Å². The molecule has 0 fully saturated rings. The number of hydrogen-bond acceptors (Lipinski definition) is 2. The Labute approximate surface area is 96.5 Å². The first-order chi connectivity index (χ1) is 7.74. The van der Waals surface area contributed by atoms with Gasteiger partial charge in [-0.05, 0) is 17.9 Å². The molecule has 0 aromatic heterocycles. The number of rotatable bonds is 6. The van der Waals surface area contributed by atoms with E-state index in [0.29, 0.717) is 25.3 Å². The van der Waals surface area contributed by atoms with Crippen molar-refractivity contribution in [3.8, 4) is 0 Å². The van der Waals surface area contributed by atoms with Crippen LogP contribution in [-0.2, 0) is 4.79 Å². The molecule has 0 spiro atoms. The molecule has 1 amide bonds. The molecular weight excluding hydrogens is 202 g/mol. The van der Waals surface area contributed by atoms with Gasteiger partial charge in [0, 0.05) is 19.6 Å². The van der Waals surface area contributed by atoms with Crippen molar-refractivity contribution < 1.29 is 9.90 Å². The smallest absolute Gasteiger partial charge is 0.220 e. The van der Waals surface area contributed by atoms with Crippen LogP contribution in [0.5, 0.6) is 0 Å². The van der Waals surface area contributed by atoms with Crippen LogP contribution in [0.25, 0.3) is 0 Å². The zero-order valence-electron chi connectivity index (χ0n) is 9.65. The quantitative estimate of drug-likeness (QED) is 0.768. The molecule has 88 valence electrons. The molecule has 0 saturated heterocycles. The summed E-state index contributed by atoms with van der Waals surface area (Å²) in [5.74, 6) is 0.330. The summed E-state index contributed by atoms with van der Waals surface area (Å²) in [5.41, 5.74) is 1.23. The molecule has 3 nitrogen and oxygen atoms in total. The molecule has 2 N–H and O–H groups in total. The molecule has 0 aliphatic rings. The van der Waals surface area contributed by atoms with Crippen LogP contribution >= 0.6 is 0 Å². The highest BCUT2D eigenvalue weighted by Crippen LogP contribution is 2.12. The van der Waals surface area contributed by atoms with Crippen molar-refractivity contribution in [3.05, 3.63) is 35.9 Å². The van der Waals surface area contributed by atoms with E-state index < -0.39 is 0 Å². The van der Waals surface area contributed by atoms with Crippen molar-refractivity contribution >= 4 is 5.91 Å². The van der Waals surface area contributed by atoms with E-state index in [1.807, 2.05) is 18.2 Å². The Balaban J connectivity index is 2.30. The van der Waals surface area contributed by atoms with Crippen LogP contribution in [-0.4, -0.2) is 24.2 Å². The van der Waals surface area contributed by atoms with E-state index in [0.717, 1.165) is 0 Å². The lowest BCUT2D eigenvalue weighted by Crippen LogP contribution is -2.27. The van der Waals surface area contributed by atoms with Gasteiger partial charge in [0.15, 0.2) is 0 Å². The molecule has 1 atom stereocenters. The average Bonchev–Trinajstić information content (AvgIpc) is 2.34. The zero-order chi connectivity index (χ0) is 11.8. The van der Waals surface area contributed by atoms with Crippen molar-refractivity contribution in [2.75, 3.05) is 13.2 Å². The van der Waals surface area contributed by atoms with E-state index >= 15 is 0 Å². The maximum Gasteiger partial charge on any atom is 0.220 e. The second kappa shape index (κ2) is 7.01. The largest absolute Gasteiger partial charge is 0.396 e. The Morgan fingerprint density at radius 3 is 2.69 bits per heavy atom. The Morgan fingerprint density at radius 1 is 1.38 bits per heavy atom. The summed E-state index contributed by atoms with van der Waals surface area (Å²) in [6.45, 7) is 2.80. The van der Waals surface area contributed by atoms with Crippen LogP contribution in [0.3, 0.4) is 0 Å². The predicted octanol–water partition coefficient (Wildman–Crippen LogP) is 1.68.